The molecule has 0 unspecified atom stereocenters. The van der Waals surface area contributed by atoms with Crippen LogP contribution in [0.5, 0.6) is 0 Å². The fraction of sp³-hybridized carbons (Fsp3) is 0.222. The molecule has 0 aliphatic rings. The quantitative estimate of drug-likeness (QED) is 0.625. The summed E-state index contributed by atoms with van der Waals surface area (Å²) < 4.78 is 4.79. The molecule has 0 atom stereocenters. The zero-order valence-corrected chi connectivity index (χ0v) is 8.71. The lowest BCUT2D eigenvalue weighted by Gasteiger charge is -1.95. The predicted octanol–water partition coefficient (Wildman–Crippen LogP) is 1.79. The van der Waals surface area contributed by atoms with Gasteiger partial charge in [0, 0.05) is 0 Å². The molecule has 0 amide bonds. The summed E-state index contributed by atoms with van der Waals surface area (Å²) in [6.07, 6.45) is 0. The summed E-state index contributed by atoms with van der Waals surface area (Å²) >= 11 is 5.69. The highest BCUT2D eigenvalue weighted by atomic mass is 35.5. The van der Waals surface area contributed by atoms with Gasteiger partial charge < -0.3 is 9.72 Å². The number of carbonyl (C=O) groups is 1. The number of nitrogens with one attached hydrogen (secondary N) is 1. The van der Waals surface area contributed by atoms with Gasteiger partial charge in [-0.05, 0) is 19.1 Å². The van der Waals surface area contributed by atoms with E-state index in [0.29, 0.717) is 22.9 Å². The molecule has 5 nitrogen and oxygen atoms in total. The number of esters is 1. The summed E-state index contributed by atoms with van der Waals surface area (Å²) in [5, 5.41) is 0.337. The minimum Gasteiger partial charge on any atom is -0.460 e. The molecule has 2 heterocycles. The average Bonchev–Trinajstić information content (AvgIpc) is 2.60. The molecule has 0 aromatic carbocycles. The van der Waals surface area contributed by atoms with Gasteiger partial charge in [0.25, 0.3) is 0 Å². The van der Waals surface area contributed by atoms with Crippen molar-refractivity contribution in [1.82, 2.24) is 15.0 Å². The summed E-state index contributed by atoms with van der Waals surface area (Å²) in [4.78, 5) is 22.0. The van der Waals surface area contributed by atoms with E-state index in [2.05, 4.69) is 15.0 Å². The predicted molar refractivity (Wildman–Crippen MR) is 54.9 cm³/mol. The summed E-state index contributed by atoms with van der Waals surface area (Å²) in [5.41, 5.74) is 1.06. The molecule has 0 aliphatic carbocycles. The number of ether oxygens (including phenoxy) is 1. The fourth-order valence-corrected chi connectivity index (χ4v) is 1.31. The zero-order valence-electron chi connectivity index (χ0n) is 7.95. The van der Waals surface area contributed by atoms with Crippen LogP contribution < -0.4 is 0 Å². The van der Waals surface area contributed by atoms with E-state index in [0.717, 1.165) is 0 Å². The first-order valence-electron chi connectivity index (χ1n) is 4.40. The number of aromatic amines is 1. The fourth-order valence-electron chi connectivity index (χ4n) is 1.17. The molecule has 0 spiro atoms. The second-order valence-corrected chi connectivity index (χ2v) is 3.20. The monoisotopic (exact) mass is 225 g/mol. The Morgan fingerprint density at radius 3 is 3.07 bits per heavy atom. The Kier molecular flexibility index (Phi) is 2.55. The second kappa shape index (κ2) is 3.86. The molecule has 0 saturated carbocycles. The summed E-state index contributed by atoms with van der Waals surface area (Å²) in [7, 11) is 0. The molecule has 0 bridgehead atoms. The number of carbonyl (C=O) groups excluding carboxylic acids is 1. The second-order valence-electron chi connectivity index (χ2n) is 2.81. The number of nitrogens with zero attached hydrogens (tertiary/aromatic N) is 2. The van der Waals surface area contributed by atoms with Gasteiger partial charge in [-0.25, -0.2) is 14.8 Å². The average molecular weight is 226 g/mol. The van der Waals surface area contributed by atoms with Crippen LogP contribution in [0.1, 0.15) is 17.5 Å². The Hall–Kier alpha value is -1.62. The number of pyridine rings is 1. The van der Waals surface area contributed by atoms with Gasteiger partial charge in [-0.15, -0.1) is 0 Å². The third-order valence-electron chi connectivity index (χ3n) is 1.78. The van der Waals surface area contributed by atoms with E-state index in [1.807, 2.05) is 0 Å². The molecule has 6 heteroatoms. The molecule has 0 saturated heterocycles. The molecule has 2 aromatic heterocycles. The maximum absolute atomic E-state index is 11.3. The van der Waals surface area contributed by atoms with Crippen LogP contribution in [0.3, 0.4) is 0 Å². The van der Waals surface area contributed by atoms with E-state index in [1.54, 1.807) is 19.1 Å². The van der Waals surface area contributed by atoms with E-state index in [1.165, 1.54) is 0 Å². The van der Waals surface area contributed by atoms with Crippen molar-refractivity contribution in [1.29, 1.82) is 0 Å². The molecule has 0 fully saturated rings. The number of H-pyrrole nitrogens is 1. The maximum Gasteiger partial charge on any atom is 0.374 e. The van der Waals surface area contributed by atoms with Crippen LogP contribution in [0.2, 0.25) is 5.15 Å². The highest BCUT2D eigenvalue weighted by molar-refractivity contribution is 6.29. The van der Waals surface area contributed by atoms with E-state index in [4.69, 9.17) is 16.3 Å². The number of imidazole rings is 1. The lowest BCUT2D eigenvalue weighted by atomic mass is 10.4. The molecule has 0 radical (unpaired) electrons. The first kappa shape index (κ1) is 9.92. The summed E-state index contributed by atoms with van der Waals surface area (Å²) in [6, 6.07) is 3.33. The Labute approximate surface area is 90.4 Å². The summed E-state index contributed by atoms with van der Waals surface area (Å²) in [6.45, 7) is 2.04. The molecule has 1 N–H and O–H groups in total. The van der Waals surface area contributed by atoms with Crippen LogP contribution in [0.4, 0.5) is 0 Å². The molecular weight excluding hydrogens is 218 g/mol. The largest absolute Gasteiger partial charge is 0.460 e. The molecular formula is C9H8ClN3O2. The SMILES string of the molecule is CCOC(=O)c1nc2nc(Cl)ccc2[nH]1. The van der Waals surface area contributed by atoms with Crippen molar-refractivity contribution in [2.75, 3.05) is 6.61 Å². The minimum absolute atomic E-state index is 0.140. The van der Waals surface area contributed by atoms with Crippen molar-refractivity contribution in [2.45, 2.75) is 6.92 Å². The highest BCUT2D eigenvalue weighted by Gasteiger charge is 2.12. The van der Waals surface area contributed by atoms with E-state index >= 15 is 0 Å². The summed E-state index contributed by atoms with van der Waals surface area (Å²) in [5.74, 6) is -0.353. The molecule has 78 valence electrons. The Morgan fingerprint density at radius 1 is 1.53 bits per heavy atom. The van der Waals surface area contributed by atoms with E-state index in [9.17, 15) is 4.79 Å². The molecule has 0 aliphatic heterocycles. The zero-order chi connectivity index (χ0) is 10.8. The van der Waals surface area contributed by atoms with Crippen molar-refractivity contribution in [3.63, 3.8) is 0 Å². The number of fused-ring (bicyclic) bond motifs is 1. The molecule has 15 heavy (non-hydrogen) atoms. The van der Waals surface area contributed by atoms with Gasteiger partial charge in [0.1, 0.15) is 5.15 Å². The van der Waals surface area contributed by atoms with Crippen LogP contribution in [-0.4, -0.2) is 27.5 Å². The number of rotatable bonds is 2. The highest BCUT2D eigenvalue weighted by Crippen LogP contribution is 2.13. The lowest BCUT2D eigenvalue weighted by Crippen LogP contribution is -2.06. The number of hydrogen-bond acceptors (Lipinski definition) is 4. The minimum atomic E-state index is -0.494. The van der Waals surface area contributed by atoms with E-state index in [-0.39, 0.29) is 5.82 Å². The lowest BCUT2D eigenvalue weighted by molar-refractivity contribution is 0.0513. The number of hydrogen-bond donors (Lipinski definition) is 1. The normalized spacial score (nSPS) is 10.5. The van der Waals surface area contributed by atoms with Crippen LogP contribution in [-0.2, 0) is 4.74 Å². The van der Waals surface area contributed by atoms with Crippen LogP contribution in [0.15, 0.2) is 12.1 Å². The van der Waals surface area contributed by atoms with E-state index < -0.39 is 5.97 Å². The van der Waals surface area contributed by atoms with Crippen molar-refractivity contribution < 1.29 is 9.53 Å². The van der Waals surface area contributed by atoms with Crippen molar-refractivity contribution in [3.8, 4) is 0 Å². The Balaban J connectivity index is 2.42. The van der Waals surface area contributed by atoms with Crippen LogP contribution >= 0.6 is 11.6 Å². The van der Waals surface area contributed by atoms with Crippen molar-refractivity contribution >= 4 is 28.7 Å². The van der Waals surface area contributed by atoms with Gasteiger partial charge in [-0.3, -0.25) is 0 Å². The van der Waals surface area contributed by atoms with Crippen LogP contribution in [0.25, 0.3) is 11.2 Å². The Bertz CT molecular complexity index is 509. The molecule has 2 aromatic rings. The van der Waals surface area contributed by atoms with Gasteiger partial charge in [0.05, 0.1) is 12.1 Å². The van der Waals surface area contributed by atoms with Gasteiger partial charge in [-0.1, -0.05) is 11.6 Å². The smallest absolute Gasteiger partial charge is 0.374 e. The Morgan fingerprint density at radius 2 is 2.33 bits per heavy atom. The van der Waals surface area contributed by atoms with Crippen LogP contribution in [0, 0.1) is 0 Å². The first-order valence-corrected chi connectivity index (χ1v) is 4.78. The van der Waals surface area contributed by atoms with Gasteiger partial charge >= 0.3 is 5.97 Å². The van der Waals surface area contributed by atoms with Gasteiger partial charge in [0.2, 0.25) is 5.82 Å². The topological polar surface area (TPSA) is 67.9 Å². The third kappa shape index (κ3) is 1.92. The first-order chi connectivity index (χ1) is 7.20. The van der Waals surface area contributed by atoms with Gasteiger partial charge in [-0.2, -0.15) is 0 Å². The van der Waals surface area contributed by atoms with Gasteiger partial charge in [0.15, 0.2) is 5.65 Å². The maximum atomic E-state index is 11.3. The molecule has 2 rings (SSSR count). The number of aromatic nitrogens is 3. The number of halogens is 1. The van der Waals surface area contributed by atoms with Crippen molar-refractivity contribution in [2.24, 2.45) is 0 Å². The standard InChI is InChI=1S/C9H8ClN3O2/c1-2-15-9(14)8-11-5-3-4-6(10)12-7(5)13-8/h3-4H,2H2,1H3,(H,11,12,13). The third-order valence-corrected chi connectivity index (χ3v) is 1.99. The van der Waals surface area contributed by atoms with Crippen molar-refractivity contribution in [3.05, 3.63) is 23.1 Å².